The summed E-state index contributed by atoms with van der Waals surface area (Å²) in [7, 11) is 0. The van der Waals surface area contributed by atoms with Gasteiger partial charge in [-0.25, -0.2) is 0 Å². The van der Waals surface area contributed by atoms with E-state index in [-0.39, 0.29) is 5.91 Å². The Morgan fingerprint density at radius 3 is 2.36 bits per heavy atom. The highest BCUT2D eigenvalue weighted by molar-refractivity contribution is 5.97. The quantitative estimate of drug-likeness (QED) is 0.719. The Labute approximate surface area is 147 Å². The summed E-state index contributed by atoms with van der Waals surface area (Å²) in [6, 6.07) is 13.5. The Balaban J connectivity index is 2.08. The van der Waals surface area contributed by atoms with Crippen molar-refractivity contribution < 1.29 is 14.3 Å². The first-order valence-electron chi connectivity index (χ1n) is 8.10. The smallest absolute Gasteiger partial charge is 0.252 e. The molecule has 0 bridgehead atoms. The zero-order valence-electron chi connectivity index (χ0n) is 14.4. The fraction of sp³-hybridized carbons (Fsp3) is 0.263. The van der Waals surface area contributed by atoms with Gasteiger partial charge in [0, 0.05) is 5.69 Å². The predicted octanol–water partition coefficient (Wildman–Crippen LogP) is 3.03. The molecule has 0 aliphatic heterocycles. The van der Waals surface area contributed by atoms with Gasteiger partial charge in [0.2, 0.25) is 5.91 Å². The Kier molecular flexibility index (Phi) is 5.77. The van der Waals surface area contributed by atoms with Crippen molar-refractivity contribution >= 4 is 17.5 Å². The number of para-hydroxylation sites is 1. The molecule has 132 valence electrons. The lowest BCUT2D eigenvalue weighted by Crippen LogP contribution is -2.48. The maximum atomic E-state index is 12.2. The van der Waals surface area contributed by atoms with Crippen molar-refractivity contribution in [2.24, 2.45) is 11.5 Å². The summed E-state index contributed by atoms with van der Waals surface area (Å²) in [4.78, 5) is 23.6. The standard InChI is InChI=1S/C19H23N3O3/c1-3-12-19(2,21)18(24)22-13-8-10-14(11-9-13)25-16-7-5-4-6-15(16)17(20)23/h4-11H,3,12,21H2,1-2H3,(H2,20,23)(H,22,24). The summed E-state index contributed by atoms with van der Waals surface area (Å²) in [5, 5.41) is 2.79. The number of carbonyl (C=O) groups is 2. The highest BCUT2D eigenvalue weighted by Gasteiger charge is 2.27. The van der Waals surface area contributed by atoms with Crippen LogP contribution in [0, 0.1) is 0 Å². The van der Waals surface area contributed by atoms with Gasteiger partial charge in [-0.3, -0.25) is 9.59 Å². The van der Waals surface area contributed by atoms with E-state index in [1.54, 1.807) is 55.5 Å². The number of carbonyl (C=O) groups excluding carboxylic acids is 2. The molecule has 2 amide bonds. The SMILES string of the molecule is CCCC(C)(N)C(=O)Nc1ccc(Oc2ccccc2C(N)=O)cc1. The van der Waals surface area contributed by atoms with Gasteiger partial charge in [-0.1, -0.05) is 25.5 Å². The molecule has 0 radical (unpaired) electrons. The molecule has 0 aliphatic rings. The van der Waals surface area contributed by atoms with Crippen LogP contribution in [0.3, 0.4) is 0 Å². The zero-order valence-corrected chi connectivity index (χ0v) is 14.4. The first-order valence-corrected chi connectivity index (χ1v) is 8.10. The number of benzene rings is 2. The summed E-state index contributed by atoms with van der Waals surface area (Å²) in [6.07, 6.45) is 1.43. The topological polar surface area (TPSA) is 107 Å². The van der Waals surface area contributed by atoms with Crippen LogP contribution in [0.4, 0.5) is 5.69 Å². The third-order valence-corrected chi connectivity index (χ3v) is 3.78. The minimum Gasteiger partial charge on any atom is -0.457 e. The maximum absolute atomic E-state index is 12.2. The molecular weight excluding hydrogens is 318 g/mol. The molecule has 6 nitrogen and oxygen atoms in total. The van der Waals surface area contributed by atoms with Crippen LogP contribution >= 0.6 is 0 Å². The molecule has 1 unspecified atom stereocenters. The predicted molar refractivity (Wildman–Crippen MR) is 97.6 cm³/mol. The van der Waals surface area contributed by atoms with Gasteiger partial charge < -0.3 is 21.5 Å². The van der Waals surface area contributed by atoms with E-state index in [1.165, 1.54) is 0 Å². The van der Waals surface area contributed by atoms with Gasteiger partial charge in [0.05, 0.1) is 11.1 Å². The summed E-state index contributed by atoms with van der Waals surface area (Å²) in [5.41, 5.74) is 11.4. The van der Waals surface area contributed by atoms with Crippen LogP contribution in [0.25, 0.3) is 0 Å². The maximum Gasteiger partial charge on any atom is 0.252 e. The monoisotopic (exact) mass is 341 g/mol. The van der Waals surface area contributed by atoms with Crippen molar-refractivity contribution in [2.45, 2.75) is 32.2 Å². The van der Waals surface area contributed by atoms with Gasteiger partial charge in [0.25, 0.3) is 5.91 Å². The van der Waals surface area contributed by atoms with E-state index in [2.05, 4.69) is 5.32 Å². The van der Waals surface area contributed by atoms with Crippen molar-refractivity contribution in [3.8, 4) is 11.5 Å². The summed E-state index contributed by atoms with van der Waals surface area (Å²) in [6.45, 7) is 3.69. The first-order chi connectivity index (χ1) is 11.8. The van der Waals surface area contributed by atoms with Gasteiger partial charge in [0.15, 0.2) is 0 Å². The molecule has 6 heteroatoms. The number of nitrogens with two attached hydrogens (primary N) is 2. The van der Waals surface area contributed by atoms with Crippen LogP contribution in [0.1, 0.15) is 37.0 Å². The molecule has 25 heavy (non-hydrogen) atoms. The molecule has 0 saturated carbocycles. The summed E-state index contributed by atoms with van der Waals surface area (Å²) < 4.78 is 5.70. The van der Waals surface area contributed by atoms with Crippen molar-refractivity contribution in [1.82, 2.24) is 0 Å². The highest BCUT2D eigenvalue weighted by atomic mass is 16.5. The van der Waals surface area contributed by atoms with E-state index in [0.717, 1.165) is 6.42 Å². The molecule has 0 heterocycles. The van der Waals surface area contributed by atoms with E-state index < -0.39 is 11.4 Å². The van der Waals surface area contributed by atoms with Gasteiger partial charge in [0.1, 0.15) is 11.5 Å². The molecule has 5 N–H and O–H groups in total. The van der Waals surface area contributed by atoms with Crippen molar-refractivity contribution in [3.05, 3.63) is 54.1 Å². The third-order valence-electron chi connectivity index (χ3n) is 3.78. The number of nitrogens with one attached hydrogen (secondary N) is 1. The Morgan fingerprint density at radius 1 is 1.12 bits per heavy atom. The Hall–Kier alpha value is -2.86. The zero-order chi connectivity index (χ0) is 18.4. The van der Waals surface area contributed by atoms with Crippen molar-refractivity contribution in [1.29, 1.82) is 0 Å². The second kappa shape index (κ2) is 7.81. The van der Waals surface area contributed by atoms with Crippen LogP contribution in [0.15, 0.2) is 48.5 Å². The Morgan fingerprint density at radius 2 is 1.76 bits per heavy atom. The lowest BCUT2D eigenvalue weighted by Gasteiger charge is -2.22. The van der Waals surface area contributed by atoms with E-state index in [9.17, 15) is 9.59 Å². The molecular formula is C19H23N3O3. The number of hydrogen-bond donors (Lipinski definition) is 3. The fourth-order valence-electron chi connectivity index (χ4n) is 2.40. The van der Waals surface area contributed by atoms with Gasteiger partial charge in [-0.05, 0) is 49.7 Å². The second-order valence-corrected chi connectivity index (χ2v) is 6.11. The van der Waals surface area contributed by atoms with Gasteiger partial charge in [-0.2, -0.15) is 0 Å². The summed E-state index contributed by atoms with van der Waals surface area (Å²) in [5.74, 6) is 0.111. The van der Waals surface area contributed by atoms with Crippen LogP contribution < -0.4 is 21.5 Å². The van der Waals surface area contributed by atoms with E-state index in [0.29, 0.717) is 29.2 Å². The average molecular weight is 341 g/mol. The number of amides is 2. The normalized spacial score (nSPS) is 12.9. The van der Waals surface area contributed by atoms with Crippen LogP contribution in [0.5, 0.6) is 11.5 Å². The number of rotatable bonds is 7. The Bertz CT molecular complexity index is 755. The van der Waals surface area contributed by atoms with E-state index in [4.69, 9.17) is 16.2 Å². The number of anilines is 1. The van der Waals surface area contributed by atoms with E-state index >= 15 is 0 Å². The first kappa shape index (κ1) is 18.5. The van der Waals surface area contributed by atoms with Crippen LogP contribution in [-0.2, 0) is 4.79 Å². The van der Waals surface area contributed by atoms with Crippen LogP contribution in [-0.4, -0.2) is 17.4 Å². The van der Waals surface area contributed by atoms with Gasteiger partial charge in [-0.15, -0.1) is 0 Å². The van der Waals surface area contributed by atoms with Crippen molar-refractivity contribution in [2.75, 3.05) is 5.32 Å². The molecule has 0 aliphatic carbocycles. The molecule has 1 atom stereocenters. The molecule has 0 fully saturated rings. The lowest BCUT2D eigenvalue weighted by molar-refractivity contribution is -0.120. The van der Waals surface area contributed by atoms with E-state index in [1.807, 2.05) is 6.92 Å². The minimum absolute atomic E-state index is 0.234. The fourth-order valence-corrected chi connectivity index (χ4v) is 2.40. The highest BCUT2D eigenvalue weighted by Crippen LogP contribution is 2.26. The molecule has 2 aromatic carbocycles. The average Bonchev–Trinajstić information content (AvgIpc) is 2.57. The molecule has 0 aromatic heterocycles. The number of ether oxygens (including phenoxy) is 1. The third kappa shape index (κ3) is 4.81. The largest absolute Gasteiger partial charge is 0.457 e. The number of primary amides is 1. The minimum atomic E-state index is -0.912. The molecule has 2 aromatic rings. The lowest BCUT2D eigenvalue weighted by atomic mass is 9.96. The molecule has 2 rings (SSSR count). The second-order valence-electron chi connectivity index (χ2n) is 6.11. The summed E-state index contributed by atoms with van der Waals surface area (Å²) >= 11 is 0. The molecule has 0 spiro atoms. The van der Waals surface area contributed by atoms with Gasteiger partial charge >= 0.3 is 0 Å². The molecule has 0 saturated heterocycles. The van der Waals surface area contributed by atoms with Crippen LogP contribution in [0.2, 0.25) is 0 Å². The van der Waals surface area contributed by atoms with Crippen molar-refractivity contribution in [3.63, 3.8) is 0 Å². The number of hydrogen-bond acceptors (Lipinski definition) is 4.